The number of hydrogen-bond acceptors (Lipinski definition) is 6. The van der Waals surface area contributed by atoms with Gasteiger partial charge in [0.2, 0.25) is 11.8 Å². The predicted octanol–water partition coefficient (Wildman–Crippen LogP) is 3.43. The van der Waals surface area contributed by atoms with Crippen molar-refractivity contribution in [3.05, 3.63) is 69.8 Å². The third kappa shape index (κ3) is 3.89. The molecule has 3 amide bonds. The number of fused-ring (bicyclic) bond motifs is 1. The first-order valence-corrected chi connectivity index (χ1v) is 10.4. The summed E-state index contributed by atoms with van der Waals surface area (Å²) in [6.07, 6.45) is 3.46. The van der Waals surface area contributed by atoms with Crippen molar-refractivity contribution in [2.24, 2.45) is 16.9 Å². The first-order chi connectivity index (χ1) is 15.4. The summed E-state index contributed by atoms with van der Waals surface area (Å²) in [7, 11) is 0. The van der Waals surface area contributed by atoms with E-state index in [1.54, 1.807) is 31.2 Å². The first kappa shape index (κ1) is 21.4. The van der Waals surface area contributed by atoms with Crippen LogP contribution >= 0.6 is 0 Å². The van der Waals surface area contributed by atoms with Crippen molar-refractivity contribution >= 4 is 34.8 Å². The summed E-state index contributed by atoms with van der Waals surface area (Å²) in [6.45, 7) is 1.68. The lowest BCUT2D eigenvalue weighted by atomic mass is 9.81. The summed E-state index contributed by atoms with van der Waals surface area (Å²) in [5.74, 6) is -1.37. The molecule has 0 spiro atoms. The van der Waals surface area contributed by atoms with Crippen LogP contribution in [0.15, 0.2) is 53.6 Å². The number of imide groups is 1. The molecule has 1 aliphatic carbocycles. The summed E-state index contributed by atoms with van der Waals surface area (Å²) in [6, 6.07) is 12.4. The van der Waals surface area contributed by atoms with Crippen molar-refractivity contribution in [2.75, 3.05) is 4.90 Å². The minimum atomic E-state index is -0.691. The minimum Gasteiger partial charge on any atom is -0.274 e. The number of nitro groups is 1. The average molecular weight is 434 g/mol. The highest BCUT2D eigenvalue weighted by Crippen LogP contribution is 2.40. The van der Waals surface area contributed by atoms with Gasteiger partial charge in [0.1, 0.15) is 5.56 Å². The highest BCUT2D eigenvalue weighted by molar-refractivity contribution is 6.22. The zero-order valence-corrected chi connectivity index (χ0v) is 17.5. The summed E-state index contributed by atoms with van der Waals surface area (Å²) in [5, 5.41) is 15.1. The Morgan fingerprint density at radius 1 is 1.03 bits per heavy atom. The van der Waals surface area contributed by atoms with Gasteiger partial charge in [0.15, 0.2) is 0 Å². The summed E-state index contributed by atoms with van der Waals surface area (Å²) in [5.41, 5.74) is 3.61. The second kappa shape index (κ2) is 8.70. The Labute approximate surface area is 184 Å². The molecule has 0 aromatic heterocycles. The van der Waals surface area contributed by atoms with Crippen LogP contribution in [0.5, 0.6) is 0 Å². The number of para-hydroxylation sites is 1. The first-order valence-electron chi connectivity index (χ1n) is 10.4. The molecular formula is C23H22N4O5. The van der Waals surface area contributed by atoms with Gasteiger partial charge in [0.25, 0.3) is 11.6 Å². The molecule has 2 aromatic carbocycles. The third-order valence-electron chi connectivity index (χ3n) is 6.05. The topological polar surface area (TPSA) is 122 Å². The standard InChI is InChI=1S/C23H22N4O5/c1-14(24-25-21(28)19-8-4-5-9-20(19)27(31)32)15-10-12-16(13-11-15)26-22(29)17-6-2-3-7-18(17)23(26)30/h4-5,8-13,17-18H,2-3,6-7H2,1H3,(H,25,28)/b24-14-. The molecule has 1 N–H and O–H groups in total. The maximum atomic E-state index is 12.7. The lowest BCUT2D eigenvalue weighted by molar-refractivity contribution is -0.385. The fourth-order valence-corrected chi connectivity index (χ4v) is 4.35. The van der Waals surface area contributed by atoms with Crippen molar-refractivity contribution in [3.8, 4) is 0 Å². The van der Waals surface area contributed by atoms with Gasteiger partial charge in [-0.05, 0) is 43.5 Å². The van der Waals surface area contributed by atoms with Crippen LogP contribution in [0.2, 0.25) is 0 Å². The molecule has 4 rings (SSSR count). The Hall–Kier alpha value is -3.88. The quantitative estimate of drug-likeness (QED) is 0.334. The second-order valence-electron chi connectivity index (χ2n) is 7.97. The largest absolute Gasteiger partial charge is 0.282 e. The lowest BCUT2D eigenvalue weighted by Crippen LogP contribution is -2.30. The number of rotatable bonds is 5. The summed E-state index contributed by atoms with van der Waals surface area (Å²) >= 11 is 0. The van der Waals surface area contributed by atoms with E-state index in [4.69, 9.17) is 0 Å². The van der Waals surface area contributed by atoms with Gasteiger partial charge in [-0.1, -0.05) is 37.1 Å². The molecule has 2 aromatic rings. The smallest absolute Gasteiger partial charge is 0.274 e. The molecule has 2 unspecified atom stereocenters. The Balaban J connectivity index is 1.48. The molecule has 1 saturated carbocycles. The van der Waals surface area contributed by atoms with Gasteiger partial charge in [0, 0.05) is 6.07 Å². The van der Waals surface area contributed by atoms with Crippen molar-refractivity contribution in [3.63, 3.8) is 0 Å². The van der Waals surface area contributed by atoms with Gasteiger partial charge >= 0.3 is 0 Å². The molecule has 2 atom stereocenters. The van der Waals surface area contributed by atoms with Crippen LogP contribution in [-0.4, -0.2) is 28.4 Å². The van der Waals surface area contributed by atoms with Gasteiger partial charge in [-0.2, -0.15) is 5.10 Å². The van der Waals surface area contributed by atoms with Crippen LogP contribution in [0.3, 0.4) is 0 Å². The number of nitrogens with zero attached hydrogens (tertiary/aromatic N) is 3. The zero-order valence-electron chi connectivity index (χ0n) is 17.5. The highest BCUT2D eigenvalue weighted by Gasteiger charge is 2.48. The molecule has 2 aliphatic rings. The normalized spacial score (nSPS) is 20.8. The number of hydrogen-bond donors (Lipinski definition) is 1. The molecule has 32 heavy (non-hydrogen) atoms. The van der Waals surface area contributed by atoms with Crippen molar-refractivity contribution in [1.82, 2.24) is 5.43 Å². The van der Waals surface area contributed by atoms with Crippen LogP contribution in [0.1, 0.15) is 48.5 Å². The molecule has 1 aliphatic heterocycles. The SMILES string of the molecule is C/C(=N/NC(=O)c1ccccc1[N+](=O)[O-])c1ccc(N2C(=O)C3CCCCC3C2=O)cc1. The predicted molar refractivity (Wildman–Crippen MR) is 117 cm³/mol. The molecule has 164 valence electrons. The highest BCUT2D eigenvalue weighted by atomic mass is 16.6. The maximum absolute atomic E-state index is 12.7. The second-order valence-corrected chi connectivity index (χ2v) is 7.97. The molecule has 2 fully saturated rings. The average Bonchev–Trinajstić information content (AvgIpc) is 3.07. The monoisotopic (exact) mass is 434 g/mol. The van der Waals surface area contributed by atoms with Gasteiger partial charge < -0.3 is 0 Å². The van der Waals surface area contributed by atoms with Crippen LogP contribution in [0.4, 0.5) is 11.4 Å². The fraction of sp³-hybridized carbons (Fsp3) is 0.304. The summed E-state index contributed by atoms with van der Waals surface area (Å²) in [4.78, 5) is 49.6. The van der Waals surface area contributed by atoms with E-state index in [0.29, 0.717) is 17.0 Å². The zero-order chi connectivity index (χ0) is 22.8. The van der Waals surface area contributed by atoms with E-state index in [-0.39, 0.29) is 34.9 Å². The number of nitrogens with one attached hydrogen (secondary N) is 1. The van der Waals surface area contributed by atoms with E-state index in [0.717, 1.165) is 25.7 Å². The number of nitro benzene ring substituents is 1. The Bertz CT molecular complexity index is 1100. The third-order valence-corrected chi connectivity index (χ3v) is 6.05. The number of amides is 3. The van der Waals surface area contributed by atoms with Crippen LogP contribution < -0.4 is 10.3 Å². The lowest BCUT2D eigenvalue weighted by Gasteiger charge is -2.19. The van der Waals surface area contributed by atoms with Crippen LogP contribution in [-0.2, 0) is 9.59 Å². The number of carbonyl (C=O) groups is 3. The van der Waals surface area contributed by atoms with E-state index in [1.165, 1.54) is 29.2 Å². The molecule has 0 bridgehead atoms. The Kier molecular flexibility index (Phi) is 5.81. The van der Waals surface area contributed by atoms with Crippen LogP contribution in [0, 0.1) is 22.0 Å². The van der Waals surface area contributed by atoms with Gasteiger partial charge in [-0.25, -0.2) is 5.43 Å². The van der Waals surface area contributed by atoms with E-state index >= 15 is 0 Å². The fourth-order valence-electron chi connectivity index (χ4n) is 4.35. The molecule has 9 nitrogen and oxygen atoms in total. The minimum absolute atomic E-state index is 0.0862. The molecule has 1 heterocycles. The Morgan fingerprint density at radius 3 is 2.22 bits per heavy atom. The van der Waals surface area contributed by atoms with Gasteiger partial charge in [-0.3, -0.25) is 29.4 Å². The maximum Gasteiger partial charge on any atom is 0.282 e. The van der Waals surface area contributed by atoms with E-state index < -0.39 is 10.8 Å². The van der Waals surface area contributed by atoms with E-state index in [1.807, 2.05) is 0 Å². The number of benzene rings is 2. The van der Waals surface area contributed by atoms with Crippen LogP contribution in [0.25, 0.3) is 0 Å². The van der Waals surface area contributed by atoms with E-state index in [9.17, 15) is 24.5 Å². The molecular weight excluding hydrogens is 412 g/mol. The molecule has 1 saturated heterocycles. The van der Waals surface area contributed by atoms with E-state index in [2.05, 4.69) is 10.5 Å². The van der Waals surface area contributed by atoms with Crippen molar-refractivity contribution in [2.45, 2.75) is 32.6 Å². The number of hydrazone groups is 1. The molecule has 0 radical (unpaired) electrons. The molecule has 9 heteroatoms. The Morgan fingerprint density at radius 2 is 1.62 bits per heavy atom. The van der Waals surface area contributed by atoms with Gasteiger partial charge in [-0.15, -0.1) is 0 Å². The van der Waals surface area contributed by atoms with Crippen molar-refractivity contribution < 1.29 is 19.3 Å². The number of carbonyl (C=O) groups excluding carboxylic acids is 3. The van der Waals surface area contributed by atoms with Crippen molar-refractivity contribution in [1.29, 1.82) is 0 Å². The summed E-state index contributed by atoms with van der Waals surface area (Å²) < 4.78 is 0. The van der Waals surface area contributed by atoms with Gasteiger partial charge in [0.05, 0.1) is 28.2 Å². The number of anilines is 1.